The third kappa shape index (κ3) is 3.09. The van der Waals surface area contributed by atoms with E-state index in [1.807, 2.05) is 0 Å². The maximum atomic E-state index is 13.0. The lowest BCUT2D eigenvalue weighted by atomic mass is 9.99. The van der Waals surface area contributed by atoms with Gasteiger partial charge in [-0.3, -0.25) is 4.98 Å². The van der Waals surface area contributed by atoms with Crippen LogP contribution in [0.5, 0.6) is 0 Å². The number of hydrogen-bond donors (Lipinski definition) is 1. The van der Waals surface area contributed by atoms with Gasteiger partial charge in [-0.05, 0) is 24.5 Å². The highest BCUT2D eigenvalue weighted by Crippen LogP contribution is 2.48. The molecule has 0 aromatic carbocycles. The van der Waals surface area contributed by atoms with Gasteiger partial charge in [0.05, 0.1) is 26.1 Å². The van der Waals surface area contributed by atoms with Crippen molar-refractivity contribution in [3.63, 3.8) is 0 Å². The van der Waals surface area contributed by atoms with Crippen LogP contribution in [0.25, 0.3) is 22.7 Å². The number of aromatic nitrogens is 5. The Labute approximate surface area is 169 Å². The zero-order valence-corrected chi connectivity index (χ0v) is 16.8. The number of hydrogen-bond acceptors (Lipinski definition) is 7. The van der Waals surface area contributed by atoms with E-state index in [2.05, 4.69) is 26.2 Å². The van der Waals surface area contributed by atoms with Crippen molar-refractivity contribution in [2.24, 2.45) is 7.05 Å². The normalized spacial score (nSPS) is 17.5. The van der Waals surface area contributed by atoms with Crippen LogP contribution in [0.4, 0.5) is 13.2 Å². The number of aryl methyl sites for hydroxylation is 1. The van der Waals surface area contributed by atoms with Crippen molar-refractivity contribution < 1.29 is 17.4 Å². The largest absolute Gasteiger partial charge is 0.435 e. The Balaban J connectivity index is 1.95. The van der Waals surface area contributed by atoms with Gasteiger partial charge in [0, 0.05) is 25.1 Å². The van der Waals surface area contributed by atoms with Crippen LogP contribution in [0, 0.1) is 16.1 Å². The molecule has 156 valence electrons. The van der Waals surface area contributed by atoms with Gasteiger partial charge >= 0.3 is 6.18 Å². The third-order valence-electron chi connectivity index (χ3n) is 5.25. The Bertz CT molecular complexity index is 1320. The van der Waals surface area contributed by atoms with Gasteiger partial charge in [0.1, 0.15) is 11.2 Å². The number of nitriles is 1. The summed E-state index contributed by atoms with van der Waals surface area (Å²) in [5, 5.41) is 16.3. The molecule has 0 aliphatic heterocycles. The van der Waals surface area contributed by atoms with Crippen LogP contribution in [0.3, 0.4) is 0 Å². The number of alkyl halides is 3. The fourth-order valence-corrected chi connectivity index (χ4v) is 4.29. The van der Waals surface area contributed by atoms with E-state index < -0.39 is 27.0 Å². The summed E-state index contributed by atoms with van der Waals surface area (Å²) < 4.78 is 61.6. The van der Waals surface area contributed by atoms with Crippen molar-refractivity contribution in [3.05, 3.63) is 29.6 Å². The fraction of sp³-hybridized carbons (Fsp3) is 0.389. The van der Waals surface area contributed by atoms with E-state index in [0.717, 1.165) is 6.07 Å². The number of rotatable bonds is 4. The Morgan fingerprint density at radius 1 is 1.33 bits per heavy atom. The SMILES string of the molecule is CCS(=N)(=O)c1cc(C2(C#N)CC2)cnc1-c1nc2cc(C(F)(F)F)nnc2n1C. The van der Waals surface area contributed by atoms with Crippen LogP contribution in [0.2, 0.25) is 0 Å². The molecule has 0 bridgehead atoms. The number of halogens is 3. The minimum Gasteiger partial charge on any atom is -0.309 e. The summed E-state index contributed by atoms with van der Waals surface area (Å²) in [5.41, 5.74) is -1.12. The molecular weight excluding hydrogens is 419 g/mol. The standard InChI is InChI=1S/C18H16F3N7OS/c1-3-30(23,29)12-6-10(17(9-22)4-5-17)8-24-14(12)16-25-11-7-13(18(19,20)21)26-27-15(11)28(16)2/h6-8,23H,3-5H2,1-2H3. The van der Waals surface area contributed by atoms with Gasteiger partial charge < -0.3 is 4.57 Å². The van der Waals surface area contributed by atoms with Crippen LogP contribution in [-0.4, -0.2) is 34.7 Å². The Hall–Kier alpha value is -3.07. The zero-order chi connectivity index (χ0) is 21.9. The number of fused-ring (bicyclic) bond motifs is 1. The molecule has 1 unspecified atom stereocenters. The highest BCUT2D eigenvalue weighted by Gasteiger charge is 2.46. The van der Waals surface area contributed by atoms with Gasteiger partial charge in [0.15, 0.2) is 17.2 Å². The molecule has 0 amide bonds. The van der Waals surface area contributed by atoms with Crippen LogP contribution in [-0.2, 0) is 28.4 Å². The third-order valence-corrected chi connectivity index (χ3v) is 7.08. The number of nitrogens with one attached hydrogen (secondary N) is 1. The van der Waals surface area contributed by atoms with Crippen molar-refractivity contribution in [1.29, 1.82) is 10.0 Å². The molecule has 1 aliphatic carbocycles. The number of pyridine rings is 1. The molecule has 4 rings (SSSR count). The summed E-state index contributed by atoms with van der Waals surface area (Å²) in [7, 11) is -1.74. The molecule has 1 N–H and O–H groups in total. The van der Waals surface area contributed by atoms with Crippen LogP contribution >= 0.6 is 0 Å². The second kappa shape index (κ2) is 6.46. The topological polar surface area (TPSA) is 121 Å². The lowest BCUT2D eigenvalue weighted by molar-refractivity contribution is -0.141. The molecule has 0 radical (unpaired) electrons. The van der Waals surface area contributed by atoms with Gasteiger partial charge in [-0.15, -0.1) is 10.2 Å². The molecule has 1 fully saturated rings. The molecule has 3 aromatic rings. The van der Waals surface area contributed by atoms with Crippen molar-refractivity contribution in [2.75, 3.05) is 5.75 Å². The van der Waals surface area contributed by atoms with Gasteiger partial charge in [-0.2, -0.15) is 18.4 Å². The summed E-state index contributed by atoms with van der Waals surface area (Å²) in [6.07, 6.45) is -1.89. The maximum absolute atomic E-state index is 13.0. The minimum atomic E-state index is -4.67. The molecular formula is C18H16F3N7OS. The van der Waals surface area contributed by atoms with E-state index >= 15 is 0 Å². The second-order valence-corrected chi connectivity index (χ2v) is 9.53. The average Bonchev–Trinajstić information content (AvgIpc) is 3.45. The predicted molar refractivity (Wildman–Crippen MR) is 101 cm³/mol. The summed E-state index contributed by atoms with van der Waals surface area (Å²) >= 11 is 0. The highest BCUT2D eigenvalue weighted by molar-refractivity contribution is 7.92. The summed E-state index contributed by atoms with van der Waals surface area (Å²) in [6, 6.07) is 4.57. The van der Waals surface area contributed by atoms with Crippen molar-refractivity contribution in [2.45, 2.75) is 36.3 Å². The maximum Gasteiger partial charge on any atom is 0.435 e. The molecule has 8 nitrogen and oxygen atoms in total. The van der Waals surface area contributed by atoms with Crippen LogP contribution in [0.1, 0.15) is 31.0 Å². The van der Waals surface area contributed by atoms with E-state index in [-0.39, 0.29) is 33.3 Å². The van der Waals surface area contributed by atoms with E-state index in [1.54, 1.807) is 13.0 Å². The van der Waals surface area contributed by atoms with Crippen molar-refractivity contribution in [3.8, 4) is 17.6 Å². The van der Waals surface area contributed by atoms with E-state index in [1.165, 1.54) is 17.8 Å². The Kier molecular flexibility index (Phi) is 4.36. The lowest BCUT2D eigenvalue weighted by Gasteiger charge is -2.14. The Morgan fingerprint density at radius 3 is 2.60 bits per heavy atom. The summed E-state index contributed by atoms with van der Waals surface area (Å²) in [4.78, 5) is 8.66. The minimum absolute atomic E-state index is 0.00660. The summed E-state index contributed by atoms with van der Waals surface area (Å²) in [5.74, 6) is 0.127. The first-order chi connectivity index (χ1) is 14.0. The van der Waals surface area contributed by atoms with Crippen LogP contribution in [0.15, 0.2) is 23.2 Å². The molecule has 1 saturated carbocycles. The molecule has 1 aliphatic rings. The molecule has 30 heavy (non-hydrogen) atoms. The first-order valence-electron chi connectivity index (χ1n) is 8.98. The first kappa shape index (κ1) is 20.2. The molecule has 3 heterocycles. The number of imidazole rings is 1. The molecule has 0 saturated heterocycles. The van der Waals surface area contributed by atoms with Gasteiger partial charge in [-0.1, -0.05) is 6.92 Å². The second-order valence-electron chi connectivity index (χ2n) is 7.16. The quantitative estimate of drug-likeness (QED) is 0.670. The first-order valence-corrected chi connectivity index (χ1v) is 10.7. The highest BCUT2D eigenvalue weighted by atomic mass is 32.2. The molecule has 1 atom stereocenters. The zero-order valence-electron chi connectivity index (χ0n) is 16.0. The van der Waals surface area contributed by atoms with Crippen LogP contribution < -0.4 is 0 Å². The van der Waals surface area contributed by atoms with E-state index in [0.29, 0.717) is 18.4 Å². The predicted octanol–water partition coefficient (Wildman–Crippen LogP) is 3.42. The molecule has 3 aromatic heterocycles. The van der Waals surface area contributed by atoms with Gasteiger partial charge in [0.25, 0.3) is 0 Å². The molecule has 0 spiro atoms. The smallest absolute Gasteiger partial charge is 0.309 e. The lowest BCUT2D eigenvalue weighted by Crippen LogP contribution is -2.11. The molecule has 12 heteroatoms. The van der Waals surface area contributed by atoms with Crippen molar-refractivity contribution in [1.82, 2.24) is 24.7 Å². The summed E-state index contributed by atoms with van der Waals surface area (Å²) in [6.45, 7) is 1.60. The van der Waals surface area contributed by atoms with Crippen molar-refractivity contribution >= 4 is 20.9 Å². The van der Waals surface area contributed by atoms with Gasteiger partial charge in [-0.25, -0.2) is 14.0 Å². The van der Waals surface area contributed by atoms with E-state index in [9.17, 15) is 22.6 Å². The van der Waals surface area contributed by atoms with E-state index in [4.69, 9.17) is 4.78 Å². The van der Waals surface area contributed by atoms with Gasteiger partial charge in [0.2, 0.25) is 0 Å². The average molecular weight is 435 g/mol. The fourth-order valence-electron chi connectivity index (χ4n) is 3.21. The Morgan fingerprint density at radius 2 is 2.03 bits per heavy atom. The monoisotopic (exact) mass is 435 g/mol. The number of nitrogens with zero attached hydrogens (tertiary/aromatic N) is 6.